The van der Waals surface area contributed by atoms with Crippen LogP contribution in [0.5, 0.6) is 5.75 Å². The molecule has 2 aromatic carbocycles. The van der Waals surface area contributed by atoms with Gasteiger partial charge in [0.2, 0.25) is 23.6 Å². The van der Waals surface area contributed by atoms with E-state index < -0.39 is 87.5 Å². The molecule has 7 rings (SSSR count). The number of hydrogen-bond acceptors (Lipinski definition) is 13. The van der Waals surface area contributed by atoms with Crippen LogP contribution in [0.1, 0.15) is 87.6 Å². The number of thiazole rings is 1. The van der Waals surface area contributed by atoms with Crippen LogP contribution in [-0.4, -0.2) is 131 Å². The molecule has 1 saturated carbocycles. The molecule has 4 heterocycles. The number of aryl methyl sites for hydroxylation is 1. The van der Waals surface area contributed by atoms with Crippen LogP contribution in [-0.2, 0) is 36.6 Å². The number of aromatic nitrogens is 2. The summed E-state index contributed by atoms with van der Waals surface area (Å²) in [5.74, 6) is -1.79. The molecular formula is C52H62F3N9O8S. The third-order valence-electron chi connectivity index (χ3n) is 13.9. The molecule has 73 heavy (non-hydrogen) atoms. The number of alkyl halides is 3. The number of piperazine rings is 1. The van der Waals surface area contributed by atoms with Gasteiger partial charge in [-0.2, -0.15) is 18.4 Å². The van der Waals surface area contributed by atoms with Crippen molar-refractivity contribution in [3.05, 3.63) is 94.3 Å². The number of nitrogens with zero attached hydrogens (tertiary/aromatic N) is 6. The maximum Gasteiger partial charge on any atom is 0.417 e. The van der Waals surface area contributed by atoms with E-state index in [-0.39, 0.29) is 56.5 Å². The molecule has 5 amide bonds. The Balaban J connectivity index is 0.844. The first-order chi connectivity index (χ1) is 34.3. The van der Waals surface area contributed by atoms with Gasteiger partial charge in [-0.05, 0) is 53.8 Å². The topological polar surface area (TPSA) is 219 Å². The quantitative estimate of drug-likeness (QED) is 0.103. The first-order valence-electron chi connectivity index (χ1n) is 24.0. The number of carbonyl (C=O) groups excluding carboxylic acids is 5. The fraction of sp³-hybridized carbons (Fsp3) is 0.500. The molecule has 0 bridgehead atoms. The molecule has 0 spiro atoms. The van der Waals surface area contributed by atoms with Crippen molar-refractivity contribution in [2.45, 2.75) is 105 Å². The number of carbonyl (C=O) groups is 5. The molecule has 2 saturated heterocycles. The number of amides is 5. The van der Waals surface area contributed by atoms with Gasteiger partial charge in [0.15, 0.2) is 0 Å². The van der Waals surface area contributed by atoms with Gasteiger partial charge >= 0.3 is 6.18 Å². The number of halogens is 3. The number of rotatable bonds is 16. The van der Waals surface area contributed by atoms with Gasteiger partial charge in [0, 0.05) is 62.2 Å². The lowest BCUT2D eigenvalue weighted by atomic mass is 9.49. The number of pyridine rings is 1. The molecule has 2 aromatic heterocycles. The summed E-state index contributed by atoms with van der Waals surface area (Å²) in [5.41, 5.74) is 1.10. The van der Waals surface area contributed by atoms with Crippen LogP contribution in [0.2, 0.25) is 0 Å². The van der Waals surface area contributed by atoms with Crippen molar-refractivity contribution in [1.82, 2.24) is 35.7 Å². The van der Waals surface area contributed by atoms with Crippen LogP contribution in [0.3, 0.4) is 0 Å². The molecule has 4 N–H and O–H groups in total. The van der Waals surface area contributed by atoms with Gasteiger partial charge in [0.1, 0.15) is 36.4 Å². The number of aliphatic hydroxyl groups is 1. The summed E-state index contributed by atoms with van der Waals surface area (Å²) in [6.45, 7) is 15.8. The van der Waals surface area contributed by atoms with E-state index in [1.54, 1.807) is 55.8 Å². The van der Waals surface area contributed by atoms with Gasteiger partial charge in [-0.1, -0.05) is 72.7 Å². The average Bonchev–Trinajstić information content (AvgIpc) is 3.96. The zero-order chi connectivity index (χ0) is 53.2. The van der Waals surface area contributed by atoms with Crippen LogP contribution in [0.25, 0.3) is 10.4 Å². The normalized spacial score (nSPS) is 21.2. The predicted molar refractivity (Wildman–Crippen MR) is 265 cm³/mol. The highest BCUT2D eigenvalue weighted by Gasteiger charge is 2.64. The fourth-order valence-electron chi connectivity index (χ4n) is 10.3. The molecule has 21 heteroatoms. The minimum Gasteiger partial charge on any atom is -0.489 e. The fourth-order valence-corrected chi connectivity index (χ4v) is 11.1. The highest BCUT2D eigenvalue weighted by molar-refractivity contribution is 7.13. The van der Waals surface area contributed by atoms with Gasteiger partial charge in [-0.3, -0.25) is 33.8 Å². The minimum absolute atomic E-state index is 0.0375. The summed E-state index contributed by atoms with van der Waals surface area (Å²) in [4.78, 5) is 82.0. The lowest BCUT2D eigenvalue weighted by Crippen LogP contribution is -2.74. The molecule has 0 unspecified atom stereocenters. The number of aliphatic hydroxyl groups excluding tert-OH is 1. The maximum absolute atomic E-state index is 14.1. The van der Waals surface area contributed by atoms with Gasteiger partial charge in [0.25, 0.3) is 5.91 Å². The molecule has 0 radical (unpaired) electrons. The van der Waals surface area contributed by atoms with Crippen molar-refractivity contribution < 1.29 is 51.7 Å². The summed E-state index contributed by atoms with van der Waals surface area (Å²) < 4.78 is 52.7. The van der Waals surface area contributed by atoms with Crippen LogP contribution >= 0.6 is 11.3 Å². The zero-order valence-corrected chi connectivity index (χ0v) is 42.9. The van der Waals surface area contributed by atoms with Crippen molar-refractivity contribution in [2.24, 2.45) is 16.2 Å². The van der Waals surface area contributed by atoms with E-state index in [1.807, 2.05) is 63.8 Å². The molecule has 17 nitrogen and oxygen atoms in total. The Morgan fingerprint density at radius 2 is 1.71 bits per heavy atom. The van der Waals surface area contributed by atoms with Crippen LogP contribution in [0.15, 0.2) is 66.3 Å². The van der Waals surface area contributed by atoms with E-state index in [0.717, 1.165) is 33.8 Å². The minimum atomic E-state index is -4.74. The van der Waals surface area contributed by atoms with Crippen LogP contribution in [0.4, 0.5) is 19.0 Å². The molecule has 3 fully saturated rings. The predicted octanol–water partition coefficient (Wildman–Crippen LogP) is 5.49. The summed E-state index contributed by atoms with van der Waals surface area (Å²) in [6.07, 6.45) is -4.81. The van der Waals surface area contributed by atoms with Gasteiger partial charge < -0.3 is 35.4 Å². The molecule has 2 aliphatic heterocycles. The van der Waals surface area contributed by atoms with Crippen LogP contribution < -0.4 is 25.6 Å². The van der Waals surface area contributed by atoms with Gasteiger partial charge in [-0.25, -0.2) is 9.97 Å². The molecule has 4 aromatic rings. The largest absolute Gasteiger partial charge is 0.489 e. The van der Waals surface area contributed by atoms with E-state index in [0.29, 0.717) is 25.5 Å². The van der Waals surface area contributed by atoms with Crippen molar-refractivity contribution in [1.29, 1.82) is 5.26 Å². The summed E-state index contributed by atoms with van der Waals surface area (Å²) in [6, 6.07) is 13.3. The van der Waals surface area contributed by atoms with Crippen molar-refractivity contribution in [2.75, 3.05) is 50.8 Å². The molecule has 390 valence electrons. The second-order valence-electron chi connectivity index (χ2n) is 21.1. The third kappa shape index (κ3) is 12.2. The van der Waals surface area contributed by atoms with E-state index >= 15 is 0 Å². The van der Waals surface area contributed by atoms with E-state index in [2.05, 4.69) is 25.9 Å². The van der Waals surface area contributed by atoms with E-state index in [4.69, 9.17) is 9.47 Å². The number of benzene rings is 2. The first-order valence-corrected chi connectivity index (χ1v) is 24.9. The summed E-state index contributed by atoms with van der Waals surface area (Å²) >= 11 is 1.55. The second kappa shape index (κ2) is 21.5. The lowest BCUT2D eigenvalue weighted by molar-refractivity contribution is -0.164. The standard InChI is InChI=1S/C52H62F3N9O8S/c1-30-42(73-29-59-30)32-11-9-31(10-12-32)24-58-45(69)38-21-35(65)26-64(38)46(70)43(49(2,3)4)60-40(66)28-71-20-19-62-17-18-63(41(67)27-62)39-16-14-34(25-57-39)44(68)61-47-50(5,6)48(51(47,7)8)72-36-15-13-33(23-56)37(22-36)52(53,54)55/h9-16,22,25,29,35,38,43,47-48,65H,17-21,24,26-28H2,1-8H3,(H,58,69)(H,60,66)(H,61,68)/t35-,38+,43-,47?,48?/m1/s1. The van der Waals surface area contributed by atoms with E-state index in [1.165, 1.54) is 22.1 Å². The molecule has 3 atom stereocenters. The van der Waals surface area contributed by atoms with Gasteiger partial charge in [0.05, 0.1) is 58.1 Å². The van der Waals surface area contributed by atoms with Crippen molar-refractivity contribution >= 4 is 46.7 Å². The third-order valence-corrected chi connectivity index (χ3v) is 14.8. The lowest BCUT2D eigenvalue weighted by Gasteiger charge is -2.63. The Bertz CT molecular complexity index is 2720. The summed E-state index contributed by atoms with van der Waals surface area (Å²) in [7, 11) is 0. The Kier molecular flexibility index (Phi) is 16.0. The highest BCUT2D eigenvalue weighted by atomic mass is 32.1. The number of nitrogens with one attached hydrogen (secondary N) is 3. The number of likely N-dealkylation sites (tertiary alicyclic amines) is 1. The SMILES string of the molecule is Cc1ncsc1-c1ccc(CNC(=O)[C@@H]2C[C@@H](O)CN2C(=O)[C@@H](NC(=O)COCCN2CCN(c3ccc(C(=O)NC4C(C)(C)C(Oc5ccc(C#N)c(C(F)(F)F)c5)C4(C)C)cn3)C(=O)C2)C(C)(C)C)cc1. The Labute approximate surface area is 426 Å². The molecule has 1 aliphatic carbocycles. The number of β-amino-alcohol motifs (C(OH)–C–C–N with tert-alkyl or cyclic N) is 1. The molecular weight excluding hydrogens is 968 g/mol. The second-order valence-corrected chi connectivity index (χ2v) is 21.9. The first kappa shape index (κ1) is 54.3. The Morgan fingerprint density at radius 3 is 2.32 bits per heavy atom. The maximum atomic E-state index is 14.1. The Hall–Kier alpha value is -6.47. The number of anilines is 1. The van der Waals surface area contributed by atoms with Gasteiger partial charge in [-0.15, -0.1) is 11.3 Å². The average molecular weight is 1030 g/mol. The monoisotopic (exact) mass is 1030 g/mol. The smallest absolute Gasteiger partial charge is 0.417 e. The number of ether oxygens (including phenoxy) is 2. The van der Waals surface area contributed by atoms with Crippen LogP contribution in [0, 0.1) is 34.5 Å². The number of hydrogen-bond donors (Lipinski definition) is 4. The van der Waals surface area contributed by atoms with Crippen molar-refractivity contribution in [3.63, 3.8) is 0 Å². The highest BCUT2D eigenvalue weighted by Crippen LogP contribution is 2.56. The van der Waals surface area contributed by atoms with E-state index in [9.17, 15) is 47.5 Å². The Morgan fingerprint density at radius 1 is 1.00 bits per heavy atom. The number of nitriles is 1. The van der Waals surface area contributed by atoms with Crippen molar-refractivity contribution in [3.8, 4) is 22.3 Å². The summed E-state index contributed by atoms with van der Waals surface area (Å²) in [5, 5.41) is 28.5. The molecule has 3 aliphatic rings. The zero-order valence-electron chi connectivity index (χ0n) is 42.1.